The van der Waals surface area contributed by atoms with Crippen LogP contribution in [0, 0.1) is 35.2 Å². The molecule has 7 nitrogen and oxygen atoms in total. The predicted molar refractivity (Wildman–Crippen MR) is 177 cm³/mol. The van der Waals surface area contributed by atoms with Gasteiger partial charge in [0, 0.05) is 35.4 Å². The number of alkyl halides is 5. The highest BCUT2D eigenvalue weighted by molar-refractivity contribution is 5.94. The van der Waals surface area contributed by atoms with Gasteiger partial charge in [0.2, 0.25) is 0 Å². The summed E-state index contributed by atoms with van der Waals surface area (Å²) in [6, 6.07) is 9.06. The standard InChI is InChI=1S/C39H32F8N4O3/c40-23-13-20(14-24(41)17-23)12-22(15-26(52)19-51-35-32(34(50-51)39(45,46)47)28-18-30(28)38(35,43)44)33-27(21-4-7-31(42)29(16-21)36(48)53)6-5-25(49-33)8-11-37(54)9-2-1-3-10-37/h4-7,13-14,16-17,22,28,30,54H,1-3,9-10,12,15,18-19H2,(H2,48,53)/t22-,28+,30-/m1/s1. The Morgan fingerprint density at radius 3 is 2.37 bits per heavy atom. The van der Waals surface area contributed by atoms with E-state index in [0.717, 1.165) is 43.5 Å². The topological polar surface area (TPSA) is 111 Å². The number of amides is 1. The zero-order chi connectivity index (χ0) is 38.7. The summed E-state index contributed by atoms with van der Waals surface area (Å²) in [5, 5.41) is 14.5. The highest BCUT2D eigenvalue weighted by Gasteiger charge is 2.68. The summed E-state index contributed by atoms with van der Waals surface area (Å²) in [7, 11) is 0. The molecule has 2 aromatic heterocycles. The van der Waals surface area contributed by atoms with Crippen LogP contribution in [0.15, 0.2) is 48.5 Å². The summed E-state index contributed by atoms with van der Waals surface area (Å²) in [6.45, 7) is -0.980. The second-order valence-electron chi connectivity index (χ2n) is 14.3. The third-order valence-electron chi connectivity index (χ3n) is 10.4. The first-order valence-electron chi connectivity index (χ1n) is 17.3. The van der Waals surface area contributed by atoms with Gasteiger partial charge in [-0.1, -0.05) is 18.4 Å². The van der Waals surface area contributed by atoms with Crippen LogP contribution >= 0.6 is 0 Å². The number of pyridine rings is 1. The van der Waals surface area contributed by atoms with Crippen LogP contribution in [0.2, 0.25) is 0 Å². The molecule has 0 saturated heterocycles. The van der Waals surface area contributed by atoms with Crippen LogP contribution in [0.1, 0.15) is 101 Å². The van der Waals surface area contributed by atoms with Crippen LogP contribution in [0.25, 0.3) is 11.1 Å². The lowest BCUT2D eigenvalue weighted by molar-refractivity contribution is -0.142. The molecule has 0 unspecified atom stereocenters. The maximum absolute atomic E-state index is 15.3. The summed E-state index contributed by atoms with van der Waals surface area (Å²) in [4.78, 5) is 30.6. The first-order valence-corrected chi connectivity index (χ1v) is 17.3. The SMILES string of the molecule is NC(=O)c1cc(-c2ccc(C#CC3(O)CCCCC3)nc2[C@@H](CC(=O)Cn2nc(C(F)(F)F)c3c2C(F)(F)[C@@H]2C[C@H]32)Cc2cc(F)cc(F)c2)ccc1F. The zero-order valence-electron chi connectivity index (χ0n) is 28.4. The third kappa shape index (κ3) is 7.23. The van der Waals surface area contributed by atoms with Crippen LogP contribution < -0.4 is 5.73 Å². The van der Waals surface area contributed by atoms with Crippen LogP contribution in [-0.2, 0) is 29.9 Å². The number of carbonyl (C=O) groups excluding carboxylic acids is 2. The quantitative estimate of drug-likeness (QED) is 0.134. The molecule has 3 aliphatic rings. The van der Waals surface area contributed by atoms with Gasteiger partial charge < -0.3 is 10.8 Å². The summed E-state index contributed by atoms with van der Waals surface area (Å²) in [6.07, 6.45) is -2.81. The number of hydrogen-bond acceptors (Lipinski definition) is 5. The van der Waals surface area contributed by atoms with E-state index in [1.54, 1.807) is 0 Å². The van der Waals surface area contributed by atoms with Crippen LogP contribution in [-0.4, -0.2) is 37.2 Å². The van der Waals surface area contributed by atoms with Gasteiger partial charge in [0.15, 0.2) is 11.5 Å². The van der Waals surface area contributed by atoms with Gasteiger partial charge in [-0.2, -0.15) is 27.1 Å². The van der Waals surface area contributed by atoms with Crippen molar-refractivity contribution in [2.24, 2.45) is 11.7 Å². The number of fused-ring (bicyclic) bond motifs is 3. The molecule has 1 amide bonds. The number of aromatic nitrogens is 3. The minimum Gasteiger partial charge on any atom is -0.378 e. The monoisotopic (exact) mass is 756 g/mol. The maximum Gasteiger partial charge on any atom is 0.435 e. The molecule has 3 aliphatic carbocycles. The number of halogens is 8. The fourth-order valence-corrected chi connectivity index (χ4v) is 7.80. The number of Topliss-reactive ketones (excluding diaryl/α,β-unsaturated/α-hetero) is 1. The van der Waals surface area contributed by atoms with E-state index in [2.05, 4.69) is 21.9 Å². The molecule has 3 atom stereocenters. The number of carbonyl (C=O) groups is 2. The van der Waals surface area contributed by atoms with Gasteiger partial charge in [-0.15, -0.1) is 0 Å². The molecule has 4 aromatic rings. The van der Waals surface area contributed by atoms with Crippen molar-refractivity contribution in [2.75, 3.05) is 0 Å². The molecule has 282 valence electrons. The molecule has 0 radical (unpaired) electrons. The van der Waals surface area contributed by atoms with Crippen LogP contribution in [0.4, 0.5) is 35.1 Å². The smallest absolute Gasteiger partial charge is 0.378 e. The Morgan fingerprint density at radius 1 is 1.00 bits per heavy atom. The normalized spacial score (nSPS) is 20.0. The number of ketones is 1. The Labute approximate surface area is 303 Å². The Hall–Kier alpha value is -5.10. The van der Waals surface area contributed by atoms with Crippen molar-refractivity contribution in [1.29, 1.82) is 0 Å². The van der Waals surface area contributed by atoms with Gasteiger partial charge in [-0.3, -0.25) is 14.3 Å². The predicted octanol–water partition coefficient (Wildman–Crippen LogP) is 7.72. The van der Waals surface area contributed by atoms with E-state index in [9.17, 15) is 41.0 Å². The van der Waals surface area contributed by atoms with Crippen molar-refractivity contribution < 1.29 is 49.8 Å². The number of rotatable bonds is 9. The first kappa shape index (κ1) is 37.2. The molecule has 2 fully saturated rings. The van der Waals surface area contributed by atoms with E-state index >= 15 is 8.78 Å². The molecule has 15 heteroatoms. The zero-order valence-corrected chi connectivity index (χ0v) is 28.4. The molecule has 54 heavy (non-hydrogen) atoms. The molecule has 0 aliphatic heterocycles. The van der Waals surface area contributed by atoms with E-state index in [4.69, 9.17) is 5.73 Å². The van der Waals surface area contributed by atoms with Crippen molar-refractivity contribution in [1.82, 2.24) is 14.8 Å². The van der Waals surface area contributed by atoms with Crippen molar-refractivity contribution in [2.45, 2.75) is 87.4 Å². The molecule has 0 bridgehead atoms. The van der Waals surface area contributed by atoms with E-state index in [1.807, 2.05) is 0 Å². The van der Waals surface area contributed by atoms with E-state index in [1.165, 1.54) is 18.2 Å². The number of benzene rings is 2. The molecule has 3 N–H and O–H groups in total. The average molecular weight is 757 g/mol. The van der Waals surface area contributed by atoms with Gasteiger partial charge in [0.25, 0.3) is 11.8 Å². The lowest BCUT2D eigenvalue weighted by Gasteiger charge is -2.26. The highest BCUT2D eigenvalue weighted by Crippen LogP contribution is 2.68. The molecule has 2 aromatic carbocycles. The largest absolute Gasteiger partial charge is 0.435 e. The Morgan fingerprint density at radius 2 is 1.70 bits per heavy atom. The van der Waals surface area contributed by atoms with E-state index < -0.39 is 100 Å². The van der Waals surface area contributed by atoms with Crippen LogP contribution in [0.5, 0.6) is 0 Å². The van der Waals surface area contributed by atoms with E-state index in [-0.39, 0.29) is 40.9 Å². The summed E-state index contributed by atoms with van der Waals surface area (Å²) < 4.78 is 116. The van der Waals surface area contributed by atoms with Gasteiger partial charge in [-0.25, -0.2) is 18.2 Å². The number of hydrogen-bond donors (Lipinski definition) is 2. The number of aliphatic hydroxyl groups is 1. The minimum atomic E-state index is -5.06. The van der Waals surface area contributed by atoms with Crippen molar-refractivity contribution >= 4 is 11.7 Å². The molecule has 7 rings (SSSR count). The lowest BCUT2D eigenvalue weighted by Crippen LogP contribution is -2.29. The third-order valence-corrected chi connectivity index (χ3v) is 10.4. The summed E-state index contributed by atoms with van der Waals surface area (Å²) >= 11 is 0. The van der Waals surface area contributed by atoms with Gasteiger partial charge in [0.1, 0.15) is 41.0 Å². The second kappa shape index (κ2) is 13.6. The second-order valence-corrected chi connectivity index (χ2v) is 14.3. The summed E-state index contributed by atoms with van der Waals surface area (Å²) in [5.74, 6) is -6.21. The lowest BCUT2D eigenvalue weighted by atomic mass is 9.85. The maximum atomic E-state index is 15.3. The van der Waals surface area contributed by atoms with Gasteiger partial charge in [0.05, 0.1) is 11.3 Å². The Bertz CT molecular complexity index is 2210. The number of nitrogens with two attached hydrogens (primary N) is 1. The number of nitrogens with zero attached hydrogens (tertiary/aromatic N) is 3. The first-order chi connectivity index (χ1) is 25.4. The van der Waals surface area contributed by atoms with Crippen LogP contribution in [0.3, 0.4) is 0 Å². The minimum absolute atomic E-state index is 0.0470. The van der Waals surface area contributed by atoms with Crippen molar-refractivity contribution in [3.63, 3.8) is 0 Å². The molecule has 2 heterocycles. The van der Waals surface area contributed by atoms with Crippen molar-refractivity contribution in [3.8, 4) is 23.0 Å². The van der Waals surface area contributed by atoms with E-state index in [0.29, 0.717) is 23.6 Å². The molecular formula is C39H32F8N4O3. The average Bonchev–Trinajstić information content (AvgIpc) is 3.75. The fraction of sp³-hybridized carbons (Fsp3) is 0.385. The van der Waals surface area contributed by atoms with Gasteiger partial charge >= 0.3 is 6.18 Å². The Kier molecular flexibility index (Phi) is 9.40. The highest BCUT2D eigenvalue weighted by atomic mass is 19.4. The number of primary amides is 1. The summed E-state index contributed by atoms with van der Waals surface area (Å²) in [5.41, 5.74) is 1.17. The van der Waals surface area contributed by atoms with Crippen molar-refractivity contribution in [3.05, 3.63) is 105 Å². The molecule has 0 spiro atoms. The molecular weight excluding hydrogens is 724 g/mol. The fourth-order valence-electron chi connectivity index (χ4n) is 7.80. The molecule has 2 saturated carbocycles. The Balaban J connectivity index is 1.33. The van der Waals surface area contributed by atoms with Gasteiger partial charge in [-0.05, 0) is 97.9 Å².